The predicted molar refractivity (Wildman–Crippen MR) is 71.5 cm³/mol. The zero-order valence-electron chi connectivity index (χ0n) is 11.5. The predicted octanol–water partition coefficient (Wildman–Crippen LogP) is 2.62. The number of rotatable bonds is 4. The van der Waals surface area contributed by atoms with E-state index in [2.05, 4.69) is 27.1 Å². The molecule has 0 N–H and O–H groups in total. The van der Waals surface area contributed by atoms with Gasteiger partial charge < -0.3 is 9.15 Å². The van der Waals surface area contributed by atoms with Gasteiger partial charge in [0, 0.05) is 12.4 Å². The Bertz CT molecular complexity index is 543. The topological polar surface area (TPSA) is 73.9 Å². The Morgan fingerprint density at radius 3 is 2.90 bits per heavy atom. The van der Waals surface area contributed by atoms with Crippen molar-refractivity contribution in [2.24, 2.45) is 5.92 Å². The van der Waals surface area contributed by atoms with Crippen LogP contribution in [0.15, 0.2) is 22.9 Å². The summed E-state index contributed by atoms with van der Waals surface area (Å²) in [4.78, 5) is 8.15. The van der Waals surface area contributed by atoms with Gasteiger partial charge in [-0.2, -0.15) is 0 Å². The van der Waals surface area contributed by atoms with Gasteiger partial charge in [0.25, 0.3) is 5.89 Å². The molecule has 2 unspecified atom stereocenters. The molecule has 1 aliphatic carbocycles. The zero-order chi connectivity index (χ0) is 13.8. The third kappa shape index (κ3) is 3.19. The summed E-state index contributed by atoms with van der Waals surface area (Å²) in [5.74, 6) is 1.99. The van der Waals surface area contributed by atoms with Gasteiger partial charge in [-0.05, 0) is 24.8 Å². The molecule has 20 heavy (non-hydrogen) atoms. The van der Waals surface area contributed by atoms with Crippen molar-refractivity contribution < 1.29 is 9.15 Å². The molecule has 2 atom stereocenters. The van der Waals surface area contributed by atoms with Crippen LogP contribution >= 0.6 is 0 Å². The molecule has 2 aromatic rings. The molecule has 0 bridgehead atoms. The first-order chi connectivity index (χ1) is 9.81. The third-order valence-electron chi connectivity index (χ3n) is 3.55. The monoisotopic (exact) mass is 274 g/mol. The summed E-state index contributed by atoms with van der Waals surface area (Å²) in [6.07, 6.45) is 8.37. The molecule has 106 valence electrons. The average Bonchev–Trinajstić information content (AvgIpc) is 2.95. The molecule has 1 saturated carbocycles. The van der Waals surface area contributed by atoms with E-state index in [0.29, 0.717) is 30.3 Å². The van der Waals surface area contributed by atoms with Crippen LogP contribution in [0.3, 0.4) is 0 Å². The highest BCUT2D eigenvalue weighted by atomic mass is 16.5. The van der Waals surface area contributed by atoms with Crippen molar-refractivity contribution in [1.82, 2.24) is 20.2 Å². The Morgan fingerprint density at radius 2 is 2.10 bits per heavy atom. The molecule has 2 aromatic heterocycles. The Balaban J connectivity index is 1.58. The van der Waals surface area contributed by atoms with Crippen LogP contribution in [0.4, 0.5) is 0 Å². The van der Waals surface area contributed by atoms with Crippen LogP contribution in [0.1, 0.15) is 38.5 Å². The van der Waals surface area contributed by atoms with E-state index in [0.717, 1.165) is 18.8 Å². The molecule has 0 amide bonds. The minimum Gasteiger partial charge on any atom is -0.416 e. The number of ether oxygens (including phenoxy) is 1. The first-order valence-corrected chi connectivity index (χ1v) is 7.02. The van der Waals surface area contributed by atoms with Gasteiger partial charge in [0.15, 0.2) is 0 Å². The molecule has 0 saturated heterocycles. The second kappa shape index (κ2) is 6.09. The van der Waals surface area contributed by atoms with Crippen molar-refractivity contribution in [2.75, 3.05) is 0 Å². The first kappa shape index (κ1) is 13.2. The molecule has 2 heterocycles. The number of aromatic nitrogens is 4. The van der Waals surface area contributed by atoms with Crippen molar-refractivity contribution in [3.63, 3.8) is 0 Å². The summed E-state index contributed by atoms with van der Waals surface area (Å²) < 4.78 is 11.4. The maximum atomic E-state index is 5.85. The lowest BCUT2D eigenvalue weighted by Crippen LogP contribution is -2.21. The van der Waals surface area contributed by atoms with Crippen LogP contribution in [0.5, 0.6) is 0 Å². The fraction of sp³-hybridized carbons (Fsp3) is 0.571. The highest BCUT2D eigenvalue weighted by Gasteiger charge is 2.20. The van der Waals surface area contributed by atoms with Gasteiger partial charge in [-0.25, -0.2) is 9.97 Å². The van der Waals surface area contributed by atoms with Crippen LogP contribution in [0.25, 0.3) is 11.7 Å². The Morgan fingerprint density at radius 1 is 1.25 bits per heavy atom. The minimum atomic E-state index is 0.307. The van der Waals surface area contributed by atoms with Crippen molar-refractivity contribution in [3.8, 4) is 11.7 Å². The van der Waals surface area contributed by atoms with Crippen molar-refractivity contribution in [2.45, 2.75) is 45.3 Å². The molecule has 0 aromatic carbocycles. The Kier molecular flexibility index (Phi) is 4.01. The maximum absolute atomic E-state index is 5.85. The van der Waals surface area contributed by atoms with Gasteiger partial charge in [-0.15, -0.1) is 10.2 Å². The van der Waals surface area contributed by atoms with Crippen molar-refractivity contribution >= 4 is 0 Å². The van der Waals surface area contributed by atoms with Gasteiger partial charge in [0.2, 0.25) is 11.7 Å². The Labute approximate surface area is 117 Å². The molecule has 3 rings (SSSR count). The number of nitrogens with zero attached hydrogens (tertiary/aromatic N) is 4. The van der Waals surface area contributed by atoms with E-state index < -0.39 is 0 Å². The molecular formula is C14H18N4O2. The number of hydrogen-bond acceptors (Lipinski definition) is 6. The molecule has 0 spiro atoms. The van der Waals surface area contributed by atoms with E-state index in [4.69, 9.17) is 9.15 Å². The van der Waals surface area contributed by atoms with Crippen LogP contribution in [0, 0.1) is 5.92 Å². The van der Waals surface area contributed by atoms with E-state index in [1.54, 1.807) is 18.5 Å². The summed E-state index contributed by atoms with van der Waals surface area (Å²) in [6.45, 7) is 2.63. The molecule has 6 nitrogen and oxygen atoms in total. The number of hydrogen-bond donors (Lipinski definition) is 0. The minimum absolute atomic E-state index is 0.307. The van der Waals surface area contributed by atoms with E-state index in [-0.39, 0.29) is 0 Å². The average molecular weight is 274 g/mol. The zero-order valence-corrected chi connectivity index (χ0v) is 11.5. The lowest BCUT2D eigenvalue weighted by Gasteiger charge is -2.26. The second-order valence-corrected chi connectivity index (χ2v) is 5.28. The highest BCUT2D eigenvalue weighted by molar-refractivity contribution is 5.37. The Hall–Kier alpha value is -1.82. The van der Waals surface area contributed by atoms with Crippen LogP contribution in [-0.2, 0) is 11.3 Å². The summed E-state index contributed by atoms with van der Waals surface area (Å²) >= 11 is 0. The van der Waals surface area contributed by atoms with Gasteiger partial charge in [0.05, 0.1) is 6.10 Å². The highest BCUT2D eigenvalue weighted by Crippen LogP contribution is 2.26. The van der Waals surface area contributed by atoms with E-state index >= 15 is 0 Å². The van der Waals surface area contributed by atoms with Gasteiger partial charge in [0.1, 0.15) is 6.61 Å². The summed E-state index contributed by atoms with van der Waals surface area (Å²) in [6, 6.07) is 1.74. The smallest absolute Gasteiger partial charge is 0.285 e. The van der Waals surface area contributed by atoms with Crippen LogP contribution in [-0.4, -0.2) is 26.3 Å². The first-order valence-electron chi connectivity index (χ1n) is 7.02. The third-order valence-corrected chi connectivity index (χ3v) is 3.55. The molecule has 0 aliphatic heterocycles. The summed E-state index contributed by atoms with van der Waals surface area (Å²) in [7, 11) is 0. The SMILES string of the molecule is CC1CCCC(OCc2nnc(-c3ncccn3)o2)C1. The summed E-state index contributed by atoms with van der Waals surface area (Å²) in [5.41, 5.74) is 0. The normalized spacial score (nSPS) is 22.9. The van der Waals surface area contributed by atoms with Crippen LogP contribution in [0.2, 0.25) is 0 Å². The quantitative estimate of drug-likeness (QED) is 0.853. The summed E-state index contributed by atoms with van der Waals surface area (Å²) in [5, 5.41) is 7.92. The maximum Gasteiger partial charge on any atom is 0.285 e. The van der Waals surface area contributed by atoms with Crippen LogP contribution < -0.4 is 0 Å². The van der Waals surface area contributed by atoms with Gasteiger partial charge in [-0.1, -0.05) is 19.8 Å². The molecule has 0 radical (unpaired) electrons. The molecular weight excluding hydrogens is 256 g/mol. The largest absolute Gasteiger partial charge is 0.416 e. The van der Waals surface area contributed by atoms with Crippen molar-refractivity contribution in [1.29, 1.82) is 0 Å². The van der Waals surface area contributed by atoms with E-state index in [9.17, 15) is 0 Å². The fourth-order valence-electron chi connectivity index (χ4n) is 2.53. The van der Waals surface area contributed by atoms with Crippen molar-refractivity contribution in [3.05, 3.63) is 24.4 Å². The lowest BCUT2D eigenvalue weighted by atomic mass is 9.89. The van der Waals surface area contributed by atoms with E-state index in [1.807, 2.05) is 0 Å². The fourth-order valence-corrected chi connectivity index (χ4v) is 2.53. The lowest BCUT2D eigenvalue weighted by molar-refractivity contribution is -0.00445. The standard InChI is InChI=1S/C14H18N4O2/c1-10-4-2-5-11(8-10)19-9-12-17-18-14(20-12)13-15-6-3-7-16-13/h3,6-7,10-11H,2,4-5,8-9H2,1H3. The second-order valence-electron chi connectivity index (χ2n) is 5.28. The molecule has 6 heteroatoms. The van der Waals surface area contributed by atoms with Gasteiger partial charge >= 0.3 is 0 Å². The van der Waals surface area contributed by atoms with E-state index in [1.165, 1.54) is 12.8 Å². The van der Waals surface area contributed by atoms with Gasteiger partial charge in [-0.3, -0.25) is 0 Å². The molecule has 1 aliphatic rings. The molecule has 1 fully saturated rings.